The molecule has 0 atom stereocenters. The van der Waals surface area contributed by atoms with E-state index in [0.717, 1.165) is 11.6 Å². The maximum Gasteiger partial charge on any atom is 0.282 e. The zero-order valence-electron chi connectivity index (χ0n) is 13.2. The quantitative estimate of drug-likeness (QED) is 0.791. The Morgan fingerprint density at radius 1 is 1.33 bits per heavy atom. The summed E-state index contributed by atoms with van der Waals surface area (Å²) in [4.78, 5) is 20.7. The van der Waals surface area contributed by atoms with Gasteiger partial charge < -0.3 is 4.57 Å². The van der Waals surface area contributed by atoms with Crippen LogP contribution in [0.5, 0.6) is 0 Å². The van der Waals surface area contributed by atoms with Crippen molar-refractivity contribution < 1.29 is 8.78 Å². The van der Waals surface area contributed by atoms with Gasteiger partial charge in [-0.05, 0) is 49.1 Å². The number of hydrogen-bond donors (Lipinski definition) is 0. The number of imidazole rings is 1. The van der Waals surface area contributed by atoms with Gasteiger partial charge in [-0.3, -0.25) is 9.36 Å². The number of aromatic nitrogens is 4. The van der Waals surface area contributed by atoms with Crippen LogP contribution in [0.1, 0.15) is 20.3 Å². The predicted octanol–water partition coefficient (Wildman–Crippen LogP) is 3.69. The molecule has 0 saturated heterocycles. The molecule has 2 aromatic heterocycles. The van der Waals surface area contributed by atoms with Crippen LogP contribution in [0.25, 0.3) is 11.2 Å². The molecule has 0 saturated carbocycles. The molecule has 8 heteroatoms. The molecule has 0 N–H and O–H groups in total. The monoisotopic (exact) mass is 352 g/mol. The van der Waals surface area contributed by atoms with Gasteiger partial charge in [0.2, 0.25) is 5.28 Å². The van der Waals surface area contributed by atoms with Gasteiger partial charge in [0.25, 0.3) is 5.56 Å². The molecular formula is C16H15ClF2N4O. The van der Waals surface area contributed by atoms with Crippen LogP contribution in [0.15, 0.2) is 46.1 Å². The summed E-state index contributed by atoms with van der Waals surface area (Å²) in [6.45, 7) is 4.04. The topological polar surface area (TPSA) is 52.7 Å². The summed E-state index contributed by atoms with van der Waals surface area (Å²) in [5.74, 6) is -1.71. The van der Waals surface area contributed by atoms with Crippen molar-refractivity contribution in [2.75, 3.05) is 0 Å². The van der Waals surface area contributed by atoms with Crippen molar-refractivity contribution in [3.63, 3.8) is 0 Å². The number of nitrogens with zero attached hydrogens (tertiary/aromatic N) is 4. The molecule has 0 fully saturated rings. The first-order chi connectivity index (χ1) is 11.4. The van der Waals surface area contributed by atoms with Gasteiger partial charge in [-0.1, -0.05) is 6.08 Å². The van der Waals surface area contributed by atoms with E-state index in [4.69, 9.17) is 11.6 Å². The van der Waals surface area contributed by atoms with Gasteiger partial charge in [-0.15, -0.1) is 0 Å². The van der Waals surface area contributed by atoms with Crippen LogP contribution in [0, 0.1) is 0 Å². The lowest BCUT2D eigenvalue weighted by atomic mass is 10.1. The van der Waals surface area contributed by atoms with Crippen LogP contribution in [0.2, 0.25) is 5.28 Å². The van der Waals surface area contributed by atoms with Crippen LogP contribution >= 0.6 is 11.6 Å². The van der Waals surface area contributed by atoms with Gasteiger partial charge in [0.1, 0.15) is 0 Å². The average Bonchev–Trinajstić information content (AvgIpc) is 2.89. The van der Waals surface area contributed by atoms with Gasteiger partial charge in [0, 0.05) is 13.1 Å². The molecule has 2 aromatic rings. The number of allylic oxidation sites excluding steroid dienone is 6. The third kappa shape index (κ3) is 2.80. The molecule has 1 aliphatic rings. The zero-order chi connectivity index (χ0) is 17.4. The Balaban J connectivity index is 2.02. The average molecular weight is 353 g/mol. The maximum atomic E-state index is 13.6. The second-order valence-electron chi connectivity index (χ2n) is 5.59. The van der Waals surface area contributed by atoms with E-state index in [-0.39, 0.29) is 22.8 Å². The molecule has 126 valence electrons. The van der Waals surface area contributed by atoms with E-state index in [9.17, 15) is 13.6 Å². The summed E-state index contributed by atoms with van der Waals surface area (Å²) in [6.07, 6.45) is 4.41. The Labute approximate surface area is 141 Å². The van der Waals surface area contributed by atoms with Crippen LogP contribution < -0.4 is 5.56 Å². The number of rotatable bonds is 3. The standard InChI is InChI=1S/C16H15ClF2N4O/c1-3-23-15(24)13-14(21-16(23)17)22(8-20-13)7-10-4-5-11(18)12(19)9(2)6-10/h4-5,8H,3,6-7H2,1-2H3. The first kappa shape index (κ1) is 16.6. The number of fused-ring (bicyclic) bond motifs is 1. The van der Waals surface area contributed by atoms with E-state index in [1.54, 1.807) is 18.4 Å². The van der Waals surface area contributed by atoms with E-state index >= 15 is 0 Å². The van der Waals surface area contributed by atoms with Gasteiger partial charge in [-0.25, -0.2) is 13.8 Å². The summed E-state index contributed by atoms with van der Waals surface area (Å²) in [5.41, 5.74) is 1.35. The van der Waals surface area contributed by atoms with E-state index in [0.29, 0.717) is 24.3 Å². The van der Waals surface area contributed by atoms with Crippen molar-refractivity contribution in [1.82, 2.24) is 19.1 Å². The van der Waals surface area contributed by atoms with Crippen molar-refractivity contribution in [2.45, 2.75) is 33.4 Å². The fourth-order valence-corrected chi connectivity index (χ4v) is 2.94. The Morgan fingerprint density at radius 2 is 2.08 bits per heavy atom. The molecule has 3 rings (SSSR count). The predicted molar refractivity (Wildman–Crippen MR) is 88.2 cm³/mol. The third-order valence-corrected chi connectivity index (χ3v) is 4.20. The highest BCUT2D eigenvalue weighted by Gasteiger charge is 2.16. The van der Waals surface area contributed by atoms with Crippen molar-refractivity contribution in [3.8, 4) is 0 Å². The summed E-state index contributed by atoms with van der Waals surface area (Å²) in [7, 11) is 0. The summed E-state index contributed by atoms with van der Waals surface area (Å²) < 4.78 is 30.1. The SMILES string of the molecule is CCn1c(Cl)nc2c(ncn2CC2=CC=C(F)C(F)=C(C)C2)c1=O. The highest BCUT2D eigenvalue weighted by atomic mass is 35.5. The molecule has 0 unspecified atom stereocenters. The van der Waals surface area contributed by atoms with Crippen molar-refractivity contribution >= 4 is 22.8 Å². The highest BCUT2D eigenvalue weighted by molar-refractivity contribution is 6.28. The van der Waals surface area contributed by atoms with E-state index in [2.05, 4.69) is 9.97 Å². The largest absolute Gasteiger partial charge is 0.311 e. The highest BCUT2D eigenvalue weighted by Crippen LogP contribution is 2.27. The molecule has 0 spiro atoms. The molecule has 0 bridgehead atoms. The van der Waals surface area contributed by atoms with Crippen LogP contribution in [0.3, 0.4) is 0 Å². The Kier molecular flexibility index (Phi) is 4.36. The minimum atomic E-state index is -0.884. The van der Waals surface area contributed by atoms with E-state index in [1.807, 2.05) is 0 Å². The van der Waals surface area contributed by atoms with Crippen LogP contribution in [-0.4, -0.2) is 19.1 Å². The summed E-state index contributed by atoms with van der Waals surface area (Å²) in [6, 6.07) is 0. The van der Waals surface area contributed by atoms with Gasteiger partial charge in [0.15, 0.2) is 22.8 Å². The number of hydrogen-bond acceptors (Lipinski definition) is 3. The maximum absolute atomic E-state index is 13.6. The normalized spacial score (nSPS) is 15.5. The van der Waals surface area contributed by atoms with Gasteiger partial charge in [0.05, 0.1) is 6.33 Å². The summed E-state index contributed by atoms with van der Waals surface area (Å²) >= 11 is 6.05. The van der Waals surface area contributed by atoms with E-state index < -0.39 is 11.7 Å². The Hall–Kier alpha value is -2.28. The van der Waals surface area contributed by atoms with Crippen molar-refractivity contribution in [3.05, 3.63) is 56.9 Å². The molecular weight excluding hydrogens is 338 g/mol. The lowest BCUT2D eigenvalue weighted by Crippen LogP contribution is -2.21. The smallest absolute Gasteiger partial charge is 0.282 e. The van der Waals surface area contributed by atoms with Gasteiger partial charge in [-0.2, -0.15) is 4.98 Å². The zero-order valence-corrected chi connectivity index (χ0v) is 13.9. The van der Waals surface area contributed by atoms with Crippen molar-refractivity contribution in [1.29, 1.82) is 0 Å². The lowest BCUT2D eigenvalue weighted by molar-refractivity contribution is 0.536. The minimum absolute atomic E-state index is 0.0830. The Morgan fingerprint density at radius 3 is 2.79 bits per heavy atom. The molecule has 1 aliphatic carbocycles. The molecule has 0 aliphatic heterocycles. The first-order valence-corrected chi connectivity index (χ1v) is 7.82. The van der Waals surface area contributed by atoms with Crippen LogP contribution in [-0.2, 0) is 13.1 Å². The molecule has 0 aromatic carbocycles. The van der Waals surface area contributed by atoms with Gasteiger partial charge >= 0.3 is 0 Å². The molecule has 0 radical (unpaired) electrons. The fraction of sp³-hybridized carbons (Fsp3) is 0.312. The third-order valence-electron chi connectivity index (χ3n) is 3.91. The number of halogens is 3. The lowest BCUT2D eigenvalue weighted by Gasteiger charge is -2.09. The van der Waals surface area contributed by atoms with Crippen molar-refractivity contribution in [2.24, 2.45) is 0 Å². The fourth-order valence-electron chi connectivity index (χ4n) is 2.67. The van der Waals surface area contributed by atoms with E-state index in [1.165, 1.54) is 17.0 Å². The Bertz CT molecular complexity index is 963. The second-order valence-corrected chi connectivity index (χ2v) is 5.92. The molecule has 5 nitrogen and oxygen atoms in total. The van der Waals surface area contributed by atoms with Crippen LogP contribution in [0.4, 0.5) is 8.78 Å². The molecule has 0 amide bonds. The minimum Gasteiger partial charge on any atom is -0.311 e. The molecule has 2 heterocycles. The molecule has 24 heavy (non-hydrogen) atoms. The summed E-state index contributed by atoms with van der Waals surface area (Å²) in [5, 5.41) is 0.0830. The first-order valence-electron chi connectivity index (χ1n) is 7.44. The second kappa shape index (κ2) is 6.32.